The number of anilines is 3. The first-order valence-corrected chi connectivity index (χ1v) is 10.7. The summed E-state index contributed by atoms with van der Waals surface area (Å²) < 4.78 is 60.0. The lowest BCUT2D eigenvalue weighted by Gasteiger charge is -2.26. The second-order valence-corrected chi connectivity index (χ2v) is 7.61. The van der Waals surface area contributed by atoms with Crippen molar-refractivity contribution in [1.82, 2.24) is 15.0 Å². The Morgan fingerprint density at radius 3 is 2.49 bits per heavy atom. The quantitative estimate of drug-likeness (QED) is 0.334. The van der Waals surface area contributed by atoms with Gasteiger partial charge < -0.3 is 19.7 Å². The third-order valence-corrected chi connectivity index (χ3v) is 4.95. The number of ether oxygens (including phenoxy) is 2. The van der Waals surface area contributed by atoms with E-state index in [1.807, 2.05) is 4.90 Å². The van der Waals surface area contributed by atoms with Crippen LogP contribution in [-0.2, 0) is 11.3 Å². The van der Waals surface area contributed by atoms with Crippen LogP contribution in [0.25, 0.3) is 0 Å². The monoisotopic (exact) mass is 511 g/mol. The maximum atomic E-state index is 13.6. The van der Waals surface area contributed by atoms with Gasteiger partial charge in [0.1, 0.15) is 11.6 Å². The molecule has 0 radical (unpaired) electrons. The van der Waals surface area contributed by atoms with Gasteiger partial charge in [0.05, 0.1) is 24.8 Å². The fraction of sp³-hybridized carbons (Fsp3) is 0.286. The van der Waals surface area contributed by atoms with Gasteiger partial charge in [0.2, 0.25) is 11.9 Å². The minimum atomic E-state index is -4.78. The number of azo groups is 1. The summed E-state index contributed by atoms with van der Waals surface area (Å²) in [5, 5.41) is 11.0. The average Bonchev–Trinajstić information content (AvgIpc) is 2.82. The van der Waals surface area contributed by atoms with Crippen LogP contribution in [0.2, 0.25) is 5.02 Å². The molecule has 14 heteroatoms. The highest BCUT2D eigenvalue weighted by atomic mass is 35.5. The van der Waals surface area contributed by atoms with Crippen molar-refractivity contribution in [1.29, 1.82) is 0 Å². The SMILES string of the molecule is Fc1cc(CN=Nc2nc(Nc3ccc(OC(F)(F)F)cc3)nc(N3CCOCC3)n2)ccc1Cl. The van der Waals surface area contributed by atoms with Gasteiger partial charge >= 0.3 is 6.36 Å². The Morgan fingerprint density at radius 1 is 1.06 bits per heavy atom. The lowest BCUT2D eigenvalue weighted by molar-refractivity contribution is -0.274. The van der Waals surface area contributed by atoms with E-state index in [2.05, 4.69) is 35.2 Å². The molecule has 2 aromatic carbocycles. The summed E-state index contributed by atoms with van der Waals surface area (Å²) in [5.41, 5.74) is 0.968. The molecule has 1 saturated heterocycles. The smallest absolute Gasteiger partial charge is 0.406 e. The van der Waals surface area contributed by atoms with Gasteiger partial charge in [-0.25, -0.2) is 4.39 Å². The second kappa shape index (κ2) is 10.8. The van der Waals surface area contributed by atoms with Gasteiger partial charge in [-0.2, -0.15) is 20.1 Å². The molecule has 1 aliphatic rings. The van der Waals surface area contributed by atoms with E-state index < -0.39 is 12.2 Å². The second-order valence-electron chi connectivity index (χ2n) is 7.20. The number of hydrogen-bond donors (Lipinski definition) is 1. The van der Waals surface area contributed by atoms with E-state index in [4.69, 9.17) is 16.3 Å². The molecule has 35 heavy (non-hydrogen) atoms. The molecular formula is C21H18ClF4N7O2. The van der Waals surface area contributed by atoms with Crippen molar-refractivity contribution in [2.24, 2.45) is 10.2 Å². The minimum absolute atomic E-state index is 0.00421. The Labute approximate surface area is 201 Å². The van der Waals surface area contributed by atoms with Crippen molar-refractivity contribution in [3.05, 3.63) is 58.9 Å². The zero-order chi connectivity index (χ0) is 24.8. The van der Waals surface area contributed by atoms with Gasteiger partial charge in [-0.15, -0.1) is 18.3 Å². The van der Waals surface area contributed by atoms with Gasteiger partial charge in [-0.3, -0.25) is 0 Å². The number of aromatic nitrogens is 3. The topological polar surface area (TPSA) is 97.1 Å². The van der Waals surface area contributed by atoms with Crippen LogP contribution in [0.1, 0.15) is 5.56 Å². The molecule has 1 aliphatic heterocycles. The average molecular weight is 512 g/mol. The van der Waals surface area contributed by atoms with Crippen LogP contribution in [0.15, 0.2) is 52.7 Å². The number of alkyl halides is 3. The van der Waals surface area contributed by atoms with Crippen molar-refractivity contribution in [2.75, 3.05) is 36.5 Å². The van der Waals surface area contributed by atoms with E-state index in [1.165, 1.54) is 24.3 Å². The van der Waals surface area contributed by atoms with Crippen LogP contribution in [0.5, 0.6) is 5.75 Å². The van der Waals surface area contributed by atoms with E-state index in [0.29, 0.717) is 43.5 Å². The molecule has 4 rings (SSSR count). The van der Waals surface area contributed by atoms with Crippen LogP contribution in [0, 0.1) is 5.82 Å². The summed E-state index contributed by atoms with van der Waals surface area (Å²) in [6.07, 6.45) is -4.78. The highest BCUT2D eigenvalue weighted by molar-refractivity contribution is 6.30. The number of halogens is 5. The van der Waals surface area contributed by atoms with Gasteiger partial charge in [-0.1, -0.05) is 17.7 Å². The van der Waals surface area contributed by atoms with Crippen LogP contribution in [0.3, 0.4) is 0 Å². The van der Waals surface area contributed by atoms with E-state index in [-0.39, 0.29) is 29.2 Å². The third kappa shape index (κ3) is 7.20. The van der Waals surface area contributed by atoms with Crippen molar-refractivity contribution in [3.8, 4) is 5.75 Å². The molecule has 1 fully saturated rings. The van der Waals surface area contributed by atoms with Crippen LogP contribution in [-0.4, -0.2) is 47.6 Å². The van der Waals surface area contributed by atoms with Gasteiger partial charge in [0.25, 0.3) is 5.95 Å². The van der Waals surface area contributed by atoms with Crippen molar-refractivity contribution in [3.63, 3.8) is 0 Å². The van der Waals surface area contributed by atoms with E-state index >= 15 is 0 Å². The normalized spacial score (nSPS) is 14.4. The fourth-order valence-corrected chi connectivity index (χ4v) is 3.16. The molecule has 0 unspecified atom stereocenters. The van der Waals surface area contributed by atoms with Gasteiger partial charge in [0, 0.05) is 18.8 Å². The van der Waals surface area contributed by atoms with Crippen molar-refractivity contribution in [2.45, 2.75) is 12.9 Å². The van der Waals surface area contributed by atoms with Crippen LogP contribution < -0.4 is 15.0 Å². The molecule has 1 N–H and O–H groups in total. The Morgan fingerprint density at radius 2 is 1.80 bits per heavy atom. The van der Waals surface area contributed by atoms with Gasteiger partial charge in [0.15, 0.2) is 0 Å². The molecule has 9 nitrogen and oxygen atoms in total. The highest BCUT2D eigenvalue weighted by Gasteiger charge is 2.31. The minimum Gasteiger partial charge on any atom is -0.406 e. The predicted octanol–water partition coefficient (Wildman–Crippen LogP) is 5.43. The largest absolute Gasteiger partial charge is 0.573 e. The number of rotatable bonds is 7. The summed E-state index contributed by atoms with van der Waals surface area (Å²) >= 11 is 5.69. The number of hydrogen-bond acceptors (Lipinski definition) is 9. The molecule has 0 amide bonds. The van der Waals surface area contributed by atoms with E-state index in [1.54, 1.807) is 6.07 Å². The van der Waals surface area contributed by atoms with Crippen molar-refractivity contribution < 1.29 is 27.0 Å². The maximum Gasteiger partial charge on any atom is 0.573 e. The summed E-state index contributed by atoms with van der Waals surface area (Å²) in [6.45, 7) is 2.15. The Kier molecular flexibility index (Phi) is 7.56. The lowest BCUT2D eigenvalue weighted by Crippen LogP contribution is -2.37. The van der Waals surface area contributed by atoms with Crippen LogP contribution in [0.4, 0.5) is 41.1 Å². The maximum absolute atomic E-state index is 13.6. The number of benzene rings is 2. The summed E-state index contributed by atoms with van der Waals surface area (Å²) in [6, 6.07) is 9.39. The first-order valence-electron chi connectivity index (χ1n) is 10.3. The molecular weight excluding hydrogens is 494 g/mol. The molecule has 0 aliphatic carbocycles. The molecule has 1 aromatic heterocycles. The standard InChI is InChI=1S/C21H18ClF4N7O2/c22-16-6-1-13(11-17(16)23)12-27-32-19-29-18(30-20(31-19)33-7-9-34-10-8-33)28-14-2-4-15(5-3-14)35-21(24,25)26/h1-6,11H,7-10,12H2,(H,28,29,30,31). The summed E-state index contributed by atoms with van der Waals surface area (Å²) in [5.74, 6) is -0.490. The molecule has 0 atom stereocenters. The lowest BCUT2D eigenvalue weighted by atomic mass is 10.2. The Balaban J connectivity index is 1.54. The fourth-order valence-electron chi connectivity index (χ4n) is 3.05. The Hall–Kier alpha value is -3.58. The molecule has 0 saturated carbocycles. The van der Waals surface area contributed by atoms with E-state index in [0.717, 1.165) is 12.1 Å². The predicted molar refractivity (Wildman–Crippen MR) is 119 cm³/mol. The third-order valence-electron chi connectivity index (χ3n) is 4.65. The van der Waals surface area contributed by atoms with Crippen LogP contribution >= 0.6 is 11.6 Å². The number of nitrogens with one attached hydrogen (secondary N) is 1. The molecule has 2 heterocycles. The summed E-state index contributed by atoms with van der Waals surface area (Å²) in [4.78, 5) is 14.8. The van der Waals surface area contributed by atoms with Crippen molar-refractivity contribution >= 4 is 35.1 Å². The zero-order valence-corrected chi connectivity index (χ0v) is 18.7. The number of morpholine rings is 1. The van der Waals surface area contributed by atoms with Gasteiger partial charge in [-0.05, 0) is 42.0 Å². The number of nitrogens with zero attached hydrogens (tertiary/aromatic N) is 6. The Bertz CT molecular complexity index is 1190. The molecule has 0 spiro atoms. The first-order chi connectivity index (χ1) is 16.7. The molecule has 184 valence electrons. The van der Waals surface area contributed by atoms with E-state index in [9.17, 15) is 17.6 Å². The summed E-state index contributed by atoms with van der Waals surface area (Å²) in [7, 11) is 0. The molecule has 0 bridgehead atoms. The highest BCUT2D eigenvalue weighted by Crippen LogP contribution is 2.26. The first kappa shape index (κ1) is 24.5. The zero-order valence-electron chi connectivity index (χ0n) is 18.0. The molecule has 3 aromatic rings.